The molecule has 0 radical (unpaired) electrons. The van der Waals surface area contributed by atoms with Crippen LogP contribution in [0.25, 0.3) is 10.9 Å². The van der Waals surface area contributed by atoms with Crippen molar-refractivity contribution >= 4 is 10.9 Å². The largest absolute Gasteiger partial charge is 0.497 e. The molecule has 4 nitrogen and oxygen atoms in total. The van der Waals surface area contributed by atoms with E-state index in [0.717, 1.165) is 34.5 Å². The number of benzene rings is 1. The summed E-state index contributed by atoms with van der Waals surface area (Å²) in [7, 11) is 1.63. The van der Waals surface area contributed by atoms with E-state index in [1.165, 1.54) is 37.3 Å². The highest BCUT2D eigenvalue weighted by Gasteiger charge is 2.18. The third-order valence-electron chi connectivity index (χ3n) is 4.51. The van der Waals surface area contributed by atoms with E-state index in [4.69, 9.17) is 4.74 Å². The number of fused-ring (bicyclic) bond motifs is 1. The molecule has 2 N–H and O–H groups in total. The third-order valence-corrected chi connectivity index (χ3v) is 4.51. The molecule has 112 valence electrons. The second-order valence-electron chi connectivity index (χ2n) is 5.96. The molecule has 4 heteroatoms. The number of H-pyrrole nitrogens is 1. The monoisotopic (exact) mass is 287 g/mol. The third kappa shape index (κ3) is 2.81. The molecule has 0 amide bonds. The van der Waals surface area contributed by atoms with Crippen molar-refractivity contribution in [3.63, 3.8) is 0 Å². The SMILES string of the molecule is COc1ccc2[nH]c(C)c(C[NH+]3CCCCC3)c(=O)c2c1. The van der Waals surface area contributed by atoms with Gasteiger partial charge in [-0.05, 0) is 44.4 Å². The summed E-state index contributed by atoms with van der Waals surface area (Å²) in [6.07, 6.45) is 3.87. The Labute approximate surface area is 124 Å². The van der Waals surface area contributed by atoms with Gasteiger partial charge in [0.15, 0.2) is 5.43 Å². The molecular weight excluding hydrogens is 264 g/mol. The van der Waals surface area contributed by atoms with Gasteiger partial charge >= 0.3 is 0 Å². The number of likely N-dealkylation sites (tertiary alicyclic amines) is 1. The van der Waals surface area contributed by atoms with Gasteiger partial charge in [-0.3, -0.25) is 4.79 Å². The summed E-state index contributed by atoms with van der Waals surface area (Å²) >= 11 is 0. The van der Waals surface area contributed by atoms with Crippen LogP contribution in [0.15, 0.2) is 23.0 Å². The van der Waals surface area contributed by atoms with Crippen LogP contribution in [-0.4, -0.2) is 25.2 Å². The summed E-state index contributed by atoms with van der Waals surface area (Å²) < 4.78 is 5.24. The maximum atomic E-state index is 12.8. The van der Waals surface area contributed by atoms with Crippen molar-refractivity contribution in [2.24, 2.45) is 0 Å². The Bertz CT molecular complexity index is 700. The number of hydrogen-bond donors (Lipinski definition) is 2. The fraction of sp³-hybridized carbons (Fsp3) is 0.471. The number of aromatic nitrogens is 1. The topological polar surface area (TPSA) is 46.5 Å². The number of quaternary nitrogens is 1. The zero-order chi connectivity index (χ0) is 14.8. The Hall–Kier alpha value is -1.81. The Morgan fingerprint density at radius 3 is 2.71 bits per heavy atom. The maximum absolute atomic E-state index is 12.8. The van der Waals surface area contributed by atoms with Crippen molar-refractivity contribution in [2.75, 3.05) is 20.2 Å². The van der Waals surface area contributed by atoms with Gasteiger partial charge in [0.2, 0.25) is 0 Å². The van der Waals surface area contributed by atoms with Gasteiger partial charge in [-0.15, -0.1) is 0 Å². The van der Waals surface area contributed by atoms with Crippen LogP contribution in [0.2, 0.25) is 0 Å². The average molecular weight is 287 g/mol. The second-order valence-corrected chi connectivity index (χ2v) is 5.96. The molecule has 1 aliphatic heterocycles. The number of pyridine rings is 1. The van der Waals surface area contributed by atoms with Crippen LogP contribution in [0.4, 0.5) is 0 Å². The van der Waals surface area contributed by atoms with E-state index in [1.807, 2.05) is 25.1 Å². The molecule has 2 heterocycles. The minimum absolute atomic E-state index is 0.151. The van der Waals surface area contributed by atoms with Gasteiger partial charge in [0.1, 0.15) is 12.3 Å². The maximum Gasteiger partial charge on any atom is 0.198 e. The van der Waals surface area contributed by atoms with Crippen LogP contribution < -0.4 is 15.1 Å². The summed E-state index contributed by atoms with van der Waals surface area (Å²) in [6.45, 7) is 5.18. The molecule has 1 aromatic carbocycles. The lowest BCUT2D eigenvalue weighted by molar-refractivity contribution is -0.918. The highest BCUT2D eigenvalue weighted by atomic mass is 16.5. The van der Waals surface area contributed by atoms with Crippen molar-refractivity contribution in [3.8, 4) is 5.75 Å². The van der Waals surface area contributed by atoms with Crippen LogP contribution in [0.3, 0.4) is 0 Å². The van der Waals surface area contributed by atoms with Crippen LogP contribution in [-0.2, 0) is 6.54 Å². The molecule has 21 heavy (non-hydrogen) atoms. The van der Waals surface area contributed by atoms with E-state index >= 15 is 0 Å². The minimum atomic E-state index is 0.151. The fourth-order valence-corrected chi connectivity index (χ4v) is 3.25. The molecule has 1 aliphatic rings. The number of rotatable bonds is 3. The van der Waals surface area contributed by atoms with Crippen molar-refractivity contribution in [3.05, 3.63) is 39.7 Å². The van der Waals surface area contributed by atoms with Gasteiger partial charge in [-0.1, -0.05) is 0 Å². The first-order chi connectivity index (χ1) is 10.2. The molecular formula is C17H23N2O2+. The Kier molecular flexibility index (Phi) is 3.97. The molecule has 0 saturated carbocycles. The molecule has 3 rings (SSSR count). The molecule has 1 fully saturated rings. The van der Waals surface area contributed by atoms with E-state index < -0.39 is 0 Å². The molecule has 1 saturated heterocycles. The van der Waals surface area contributed by atoms with Crippen molar-refractivity contribution in [2.45, 2.75) is 32.7 Å². The Morgan fingerprint density at radius 2 is 2.00 bits per heavy atom. The predicted octanol–water partition coefficient (Wildman–Crippen LogP) is 1.41. The van der Waals surface area contributed by atoms with E-state index in [1.54, 1.807) is 7.11 Å². The number of ether oxygens (including phenoxy) is 1. The number of methoxy groups -OCH3 is 1. The van der Waals surface area contributed by atoms with E-state index in [-0.39, 0.29) is 5.43 Å². The lowest BCUT2D eigenvalue weighted by Crippen LogP contribution is -3.11. The first-order valence-electron chi connectivity index (χ1n) is 7.72. The van der Waals surface area contributed by atoms with Crippen LogP contribution >= 0.6 is 0 Å². The summed E-state index contributed by atoms with van der Waals surface area (Å²) in [5.41, 5.74) is 2.96. The van der Waals surface area contributed by atoms with Gasteiger partial charge in [-0.25, -0.2) is 0 Å². The lowest BCUT2D eigenvalue weighted by atomic mass is 10.1. The Morgan fingerprint density at radius 1 is 1.24 bits per heavy atom. The first-order valence-corrected chi connectivity index (χ1v) is 7.72. The average Bonchev–Trinajstić information content (AvgIpc) is 2.52. The second kappa shape index (κ2) is 5.90. The smallest absolute Gasteiger partial charge is 0.198 e. The lowest BCUT2D eigenvalue weighted by Gasteiger charge is -2.24. The number of nitrogens with one attached hydrogen (secondary N) is 2. The Balaban J connectivity index is 2.02. The highest BCUT2D eigenvalue weighted by molar-refractivity contribution is 5.81. The summed E-state index contributed by atoms with van der Waals surface area (Å²) in [4.78, 5) is 17.7. The minimum Gasteiger partial charge on any atom is -0.497 e. The predicted molar refractivity (Wildman–Crippen MR) is 84.1 cm³/mol. The van der Waals surface area contributed by atoms with Crippen LogP contribution in [0, 0.1) is 6.92 Å². The van der Waals surface area contributed by atoms with Crippen molar-refractivity contribution in [1.82, 2.24) is 4.98 Å². The number of hydrogen-bond acceptors (Lipinski definition) is 2. The molecule has 2 aromatic rings. The fourth-order valence-electron chi connectivity index (χ4n) is 3.25. The van der Waals surface area contributed by atoms with Crippen molar-refractivity contribution < 1.29 is 9.64 Å². The van der Waals surface area contributed by atoms with Crippen LogP contribution in [0.1, 0.15) is 30.5 Å². The standard InChI is InChI=1S/C17H22N2O2/c1-12-15(11-19-8-4-3-5-9-19)17(20)14-10-13(21-2)6-7-16(14)18-12/h6-7,10H,3-5,8-9,11H2,1-2H3,(H,18,20)/p+1. The summed E-state index contributed by atoms with van der Waals surface area (Å²) in [6, 6.07) is 5.63. The highest BCUT2D eigenvalue weighted by Crippen LogP contribution is 2.18. The number of aromatic amines is 1. The summed E-state index contributed by atoms with van der Waals surface area (Å²) in [5.74, 6) is 0.730. The zero-order valence-corrected chi connectivity index (χ0v) is 12.8. The molecule has 0 bridgehead atoms. The van der Waals surface area contributed by atoms with Crippen molar-refractivity contribution in [1.29, 1.82) is 0 Å². The quantitative estimate of drug-likeness (QED) is 0.897. The normalized spacial score (nSPS) is 16.3. The van der Waals surface area contributed by atoms with Gasteiger partial charge in [-0.2, -0.15) is 0 Å². The molecule has 0 aliphatic carbocycles. The van der Waals surface area contributed by atoms with E-state index in [0.29, 0.717) is 0 Å². The summed E-state index contributed by atoms with van der Waals surface area (Å²) in [5, 5.41) is 0.728. The van der Waals surface area contributed by atoms with Gasteiger partial charge in [0.05, 0.1) is 25.8 Å². The van der Waals surface area contributed by atoms with Gasteiger partial charge < -0.3 is 14.6 Å². The zero-order valence-electron chi connectivity index (χ0n) is 12.8. The molecule has 0 unspecified atom stereocenters. The number of piperidine rings is 1. The molecule has 0 atom stereocenters. The van der Waals surface area contributed by atoms with Gasteiger partial charge in [0, 0.05) is 16.6 Å². The van der Waals surface area contributed by atoms with E-state index in [9.17, 15) is 4.79 Å². The molecule has 1 aromatic heterocycles. The first kappa shape index (κ1) is 14.1. The molecule has 0 spiro atoms. The number of aryl methyl sites for hydroxylation is 1. The van der Waals surface area contributed by atoms with Gasteiger partial charge in [0.25, 0.3) is 0 Å². The van der Waals surface area contributed by atoms with Crippen LogP contribution in [0.5, 0.6) is 5.75 Å². The van der Waals surface area contributed by atoms with E-state index in [2.05, 4.69) is 4.98 Å².